The first-order chi connectivity index (χ1) is 25.8. The molecule has 0 aliphatic carbocycles. The van der Waals surface area contributed by atoms with Gasteiger partial charge in [0, 0.05) is 64.7 Å². The van der Waals surface area contributed by atoms with Gasteiger partial charge in [-0.05, 0) is 71.1 Å². The number of benzene rings is 7. The fraction of sp³-hybridized carbons (Fsp3) is 0. The van der Waals surface area contributed by atoms with E-state index in [0.29, 0.717) is 11.5 Å². The normalized spacial score (nSPS) is 11.8. The smallest absolute Gasteiger partial charge is 0.163 e. The Labute approximate surface area is 302 Å². The zero-order valence-electron chi connectivity index (χ0n) is 27.9. The highest BCUT2D eigenvalue weighted by atomic mass is 32.1. The number of rotatable bonds is 4. The van der Waals surface area contributed by atoms with Crippen LogP contribution in [0.3, 0.4) is 0 Å². The Morgan fingerprint density at radius 1 is 0.462 bits per heavy atom. The van der Waals surface area contributed by atoms with Crippen LogP contribution in [0.15, 0.2) is 170 Å². The fourth-order valence-corrected chi connectivity index (χ4v) is 9.21. The van der Waals surface area contributed by atoms with Crippen LogP contribution in [0.5, 0.6) is 0 Å². The lowest BCUT2D eigenvalue weighted by molar-refractivity contribution is 1.17. The van der Waals surface area contributed by atoms with Gasteiger partial charge in [-0.15, -0.1) is 11.3 Å². The molecule has 11 rings (SSSR count). The van der Waals surface area contributed by atoms with Crippen LogP contribution in [0.25, 0.3) is 103 Å². The predicted molar refractivity (Wildman–Crippen MR) is 218 cm³/mol. The van der Waals surface area contributed by atoms with E-state index in [1.807, 2.05) is 23.5 Å². The topological polar surface area (TPSA) is 43.6 Å². The second kappa shape index (κ2) is 11.4. The Morgan fingerprint density at radius 3 is 2.02 bits per heavy atom. The molecule has 52 heavy (non-hydrogen) atoms. The van der Waals surface area contributed by atoms with Crippen molar-refractivity contribution < 1.29 is 0 Å². The number of pyridine rings is 1. The molecule has 7 aromatic carbocycles. The highest BCUT2D eigenvalue weighted by Crippen LogP contribution is 2.48. The van der Waals surface area contributed by atoms with E-state index in [2.05, 4.69) is 161 Å². The summed E-state index contributed by atoms with van der Waals surface area (Å²) in [6.07, 6.45) is 1.80. The van der Waals surface area contributed by atoms with Crippen LogP contribution >= 0.6 is 11.3 Å². The van der Waals surface area contributed by atoms with E-state index >= 15 is 0 Å². The molecule has 5 heteroatoms. The first kappa shape index (κ1) is 29.1. The molecule has 4 aromatic heterocycles. The summed E-state index contributed by atoms with van der Waals surface area (Å²) in [5.41, 5.74) is 9.35. The van der Waals surface area contributed by atoms with Crippen LogP contribution in [0.4, 0.5) is 0 Å². The molecular weight excluding hydrogens is 653 g/mol. The third-order valence-electron chi connectivity index (χ3n) is 10.2. The molecule has 11 aromatic rings. The van der Waals surface area contributed by atoms with Crippen molar-refractivity contribution in [3.05, 3.63) is 170 Å². The summed E-state index contributed by atoms with van der Waals surface area (Å²) in [4.78, 5) is 14.9. The Bertz CT molecular complexity index is 3180. The van der Waals surface area contributed by atoms with Crippen molar-refractivity contribution in [1.82, 2.24) is 19.5 Å². The molecule has 0 spiro atoms. The summed E-state index contributed by atoms with van der Waals surface area (Å²) in [5.74, 6) is 0.650. The number of fused-ring (bicyclic) bond motifs is 11. The van der Waals surface area contributed by atoms with E-state index in [0.717, 1.165) is 33.5 Å². The summed E-state index contributed by atoms with van der Waals surface area (Å²) in [7, 11) is 0. The summed E-state index contributed by atoms with van der Waals surface area (Å²) in [6.45, 7) is 0. The van der Waals surface area contributed by atoms with E-state index in [-0.39, 0.29) is 0 Å². The number of hydrogen-bond acceptors (Lipinski definition) is 4. The number of thiophene rings is 1. The highest BCUT2D eigenvalue weighted by molar-refractivity contribution is 7.27. The predicted octanol–water partition coefficient (Wildman–Crippen LogP) is 12.6. The summed E-state index contributed by atoms with van der Waals surface area (Å²) >= 11 is 1.89. The van der Waals surface area contributed by atoms with Gasteiger partial charge in [-0.3, -0.25) is 0 Å². The summed E-state index contributed by atoms with van der Waals surface area (Å²) in [5, 5.41) is 8.69. The van der Waals surface area contributed by atoms with Crippen LogP contribution in [0.2, 0.25) is 0 Å². The molecule has 0 aliphatic heterocycles. The Balaban J connectivity index is 1.11. The fourth-order valence-electron chi connectivity index (χ4n) is 7.94. The first-order valence-electron chi connectivity index (χ1n) is 17.4. The second-order valence-corrected chi connectivity index (χ2v) is 14.2. The molecule has 0 saturated heterocycles. The van der Waals surface area contributed by atoms with E-state index in [9.17, 15) is 0 Å². The SMILES string of the molecule is c1ccc(-c2cccc(-c3nc(-c4ccc(-n5c6ccccc6c6c7sc8ccccc8c7c7ccccc7c65)cc4)nc4ncccc34)c2)cc1. The Morgan fingerprint density at radius 2 is 1.15 bits per heavy atom. The molecule has 0 radical (unpaired) electrons. The van der Waals surface area contributed by atoms with Gasteiger partial charge in [0.15, 0.2) is 11.5 Å². The van der Waals surface area contributed by atoms with Gasteiger partial charge in [0.25, 0.3) is 0 Å². The van der Waals surface area contributed by atoms with Gasteiger partial charge in [0.1, 0.15) is 0 Å². The molecule has 0 bridgehead atoms. The zero-order chi connectivity index (χ0) is 34.2. The quantitative estimate of drug-likeness (QED) is 0.186. The van der Waals surface area contributed by atoms with Crippen LogP contribution < -0.4 is 0 Å². The van der Waals surface area contributed by atoms with Gasteiger partial charge >= 0.3 is 0 Å². The average molecular weight is 681 g/mol. The van der Waals surface area contributed by atoms with Crippen LogP contribution in [0, 0.1) is 0 Å². The number of para-hydroxylation sites is 1. The van der Waals surface area contributed by atoms with Gasteiger partial charge in [0.2, 0.25) is 0 Å². The maximum atomic E-state index is 5.21. The maximum absolute atomic E-state index is 5.21. The molecule has 0 unspecified atom stereocenters. The molecule has 0 saturated carbocycles. The van der Waals surface area contributed by atoms with Crippen molar-refractivity contribution in [2.24, 2.45) is 0 Å². The molecule has 0 atom stereocenters. The van der Waals surface area contributed by atoms with Crippen molar-refractivity contribution in [3.8, 4) is 39.5 Å². The minimum absolute atomic E-state index is 0.650. The lowest BCUT2D eigenvalue weighted by Gasteiger charge is -2.13. The summed E-state index contributed by atoms with van der Waals surface area (Å²) < 4.78 is 5.08. The molecular formula is C47H28N4S. The monoisotopic (exact) mass is 680 g/mol. The molecule has 0 fully saturated rings. The third kappa shape index (κ3) is 4.36. The van der Waals surface area contributed by atoms with E-state index < -0.39 is 0 Å². The highest BCUT2D eigenvalue weighted by Gasteiger charge is 2.21. The Hall–Kier alpha value is -6.69. The van der Waals surface area contributed by atoms with Gasteiger partial charge in [-0.2, -0.15) is 0 Å². The average Bonchev–Trinajstić information content (AvgIpc) is 3.78. The maximum Gasteiger partial charge on any atom is 0.163 e. The largest absolute Gasteiger partial charge is 0.309 e. The number of hydrogen-bond donors (Lipinski definition) is 0. The van der Waals surface area contributed by atoms with Crippen molar-refractivity contribution in [3.63, 3.8) is 0 Å². The first-order valence-corrected chi connectivity index (χ1v) is 18.3. The third-order valence-corrected chi connectivity index (χ3v) is 11.4. The summed E-state index contributed by atoms with van der Waals surface area (Å²) in [6, 6.07) is 58.2. The molecule has 4 heterocycles. The van der Waals surface area contributed by atoms with E-state index in [4.69, 9.17) is 9.97 Å². The minimum atomic E-state index is 0.650. The second-order valence-electron chi connectivity index (χ2n) is 13.2. The lowest BCUT2D eigenvalue weighted by Crippen LogP contribution is -1.98. The van der Waals surface area contributed by atoms with Crippen molar-refractivity contribution >= 4 is 75.1 Å². The minimum Gasteiger partial charge on any atom is -0.309 e. The Kier molecular flexibility index (Phi) is 6.39. The van der Waals surface area contributed by atoms with Gasteiger partial charge in [0.05, 0.1) is 16.7 Å². The van der Waals surface area contributed by atoms with Crippen molar-refractivity contribution in [2.45, 2.75) is 0 Å². The van der Waals surface area contributed by atoms with Crippen LogP contribution in [-0.2, 0) is 0 Å². The van der Waals surface area contributed by atoms with Crippen molar-refractivity contribution in [2.75, 3.05) is 0 Å². The number of aromatic nitrogens is 4. The molecule has 0 aliphatic rings. The molecule has 4 nitrogen and oxygen atoms in total. The number of nitrogens with zero attached hydrogens (tertiary/aromatic N) is 4. The van der Waals surface area contributed by atoms with Crippen LogP contribution in [-0.4, -0.2) is 19.5 Å². The molecule has 242 valence electrons. The van der Waals surface area contributed by atoms with E-state index in [1.165, 1.54) is 58.3 Å². The molecule has 0 amide bonds. The standard InChI is InChI=1S/C47H28N4S/c1-2-12-29(13-3-1)31-14-10-15-32(28-31)43-38-20-11-27-48-47(38)50-46(49-43)30-23-25-33(26-24-30)51-39-21-8-6-18-36(39)42-44(51)35-17-5-4-16-34(35)41-37-19-7-9-22-40(37)52-45(41)42/h1-28H. The lowest BCUT2D eigenvalue weighted by atomic mass is 9.99. The van der Waals surface area contributed by atoms with E-state index in [1.54, 1.807) is 6.20 Å². The van der Waals surface area contributed by atoms with Gasteiger partial charge in [-0.1, -0.05) is 109 Å². The molecule has 0 N–H and O–H groups in total. The van der Waals surface area contributed by atoms with Crippen LogP contribution in [0.1, 0.15) is 0 Å². The van der Waals surface area contributed by atoms with Gasteiger partial charge in [-0.25, -0.2) is 15.0 Å². The zero-order valence-corrected chi connectivity index (χ0v) is 28.7. The van der Waals surface area contributed by atoms with Crippen molar-refractivity contribution in [1.29, 1.82) is 0 Å². The van der Waals surface area contributed by atoms with Gasteiger partial charge < -0.3 is 4.57 Å².